The molecule has 1 aliphatic heterocycles. The number of amides is 1. The first kappa shape index (κ1) is 7.87. The summed E-state index contributed by atoms with van der Waals surface area (Å²) >= 11 is 0. The maximum atomic E-state index is 10.9. The van der Waals surface area contributed by atoms with E-state index >= 15 is 0 Å². The number of aliphatic hydroxyl groups excluding tert-OH is 1. The molecule has 2 N–H and O–H groups in total. The predicted octanol–water partition coefficient (Wildman–Crippen LogP) is -0.394. The van der Waals surface area contributed by atoms with E-state index in [0.717, 1.165) is 0 Å². The third-order valence-electron chi connectivity index (χ3n) is 1.09. The summed E-state index contributed by atoms with van der Waals surface area (Å²) in [6, 6.07) is 0.276. The van der Waals surface area contributed by atoms with Crippen molar-refractivity contribution < 1.29 is 9.90 Å². The molecule has 11 heavy (non-hydrogen) atoms. The van der Waals surface area contributed by atoms with Gasteiger partial charge >= 0.3 is 0 Å². The summed E-state index contributed by atoms with van der Waals surface area (Å²) in [5, 5.41) is 17.8. The predicted molar refractivity (Wildman–Crippen MR) is 37.3 cm³/mol. The monoisotopic (exact) mass is 154 g/mol. The fourth-order valence-corrected chi connectivity index (χ4v) is 0.614. The molecule has 59 valence electrons. The first-order chi connectivity index (χ1) is 5.34. The van der Waals surface area contributed by atoms with E-state index in [2.05, 4.69) is 15.5 Å². The van der Waals surface area contributed by atoms with E-state index in [1.807, 2.05) is 0 Å². The average molecular weight is 154 g/mol. The van der Waals surface area contributed by atoms with Crippen LogP contribution in [-0.4, -0.2) is 24.2 Å². The standard InChI is InChI=1S/C6H8N3O2/c10-4-3-7-6(11)5-1-2-8-9-5/h1-2,10H,3-4H2,(H,7,11). The van der Waals surface area contributed by atoms with Crippen molar-refractivity contribution >= 4 is 5.91 Å². The smallest absolute Gasteiger partial charge is 0.257 e. The summed E-state index contributed by atoms with van der Waals surface area (Å²) < 4.78 is 0. The maximum absolute atomic E-state index is 10.9. The number of aliphatic hydroxyl groups is 1. The molecule has 1 radical (unpaired) electrons. The second-order valence-corrected chi connectivity index (χ2v) is 1.90. The highest BCUT2D eigenvalue weighted by atomic mass is 16.3. The third-order valence-corrected chi connectivity index (χ3v) is 1.09. The van der Waals surface area contributed by atoms with Gasteiger partial charge < -0.3 is 10.4 Å². The van der Waals surface area contributed by atoms with Crippen molar-refractivity contribution in [3.63, 3.8) is 0 Å². The normalized spacial score (nSPS) is 15.7. The molecule has 1 amide bonds. The van der Waals surface area contributed by atoms with Crippen LogP contribution >= 0.6 is 0 Å². The van der Waals surface area contributed by atoms with Crippen molar-refractivity contribution in [1.29, 1.82) is 0 Å². The fourth-order valence-electron chi connectivity index (χ4n) is 0.614. The Hall–Kier alpha value is -1.23. The second-order valence-electron chi connectivity index (χ2n) is 1.90. The lowest BCUT2D eigenvalue weighted by atomic mass is 10.3. The van der Waals surface area contributed by atoms with Crippen LogP contribution in [0.25, 0.3) is 0 Å². The Kier molecular flexibility index (Phi) is 2.74. The molecule has 0 aromatic carbocycles. The highest BCUT2D eigenvalue weighted by Crippen LogP contribution is 2.10. The van der Waals surface area contributed by atoms with Crippen LogP contribution in [0.2, 0.25) is 0 Å². The van der Waals surface area contributed by atoms with Crippen molar-refractivity contribution in [1.82, 2.24) is 5.32 Å². The Bertz CT molecular complexity index is 188. The van der Waals surface area contributed by atoms with E-state index in [4.69, 9.17) is 5.11 Å². The summed E-state index contributed by atoms with van der Waals surface area (Å²) in [7, 11) is 0. The van der Waals surface area contributed by atoms with Gasteiger partial charge in [-0.05, 0) is 6.08 Å². The van der Waals surface area contributed by atoms with Gasteiger partial charge in [0.1, 0.15) is 0 Å². The van der Waals surface area contributed by atoms with Crippen LogP contribution in [0, 0.1) is 6.04 Å². The minimum absolute atomic E-state index is 0.0696. The quantitative estimate of drug-likeness (QED) is 0.580. The zero-order valence-corrected chi connectivity index (χ0v) is 5.82. The van der Waals surface area contributed by atoms with E-state index in [9.17, 15) is 4.79 Å². The SMILES string of the molecule is O=C(NCCO)[C]1C=CN=N1. The zero-order chi connectivity index (χ0) is 8.10. The molecule has 0 atom stereocenters. The molecule has 0 aliphatic carbocycles. The lowest BCUT2D eigenvalue weighted by molar-refractivity contribution is -0.119. The second kappa shape index (κ2) is 3.82. The van der Waals surface area contributed by atoms with Gasteiger partial charge in [-0.2, -0.15) is 10.2 Å². The molecule has 0 saturated carbocycles. The van der Waals surface area contributed by atoms with Crippen molar-refractivity contribution in [2.45, 2.75) is 0 Å². The largest absolute Gasteiger partial charge is 0.395 e. The molecule has 0 aromatic rings. The molecule has 0 spiro atoms. The average Bonchev–Trinajstić information content (AvgIpc) is 2.52. The number of rotatable bonds is 3. The Labute approximate surface area is 63.8 Å². The summed E-state index contributed by atoms with van der Waals surface area (Å²) in [5.41, 5.74) is 0. The first-order valence-electron chi connectivity index (χ1n) is 3.18. The van der Waals surface area contributed by atoms with Gasteiger partial charge in [0.15, 0.2) is 0 Å². The molecular weight excluding hydrogens is 146 g/mol. The molecule has 0 aromatic heterocycles. The van der Waals surface area contributed by atoms with Crippen LogP contribution < -0.4 is 5.32 Å². The van der Waals surface area contributed by atoms with E-state index in [-0.39, 0.29) is 25.1 Å². The molecule has 0 fully saturated rings. The number of carbonyl (C=O) groups is 1. The van der Waals surface area contributed by atoms with Crippen LogP contribution in [0.5, 0.6) is 0 Å². The summed E-state index contributed by atoms with van der Waals surface area (Å²) in [4.78, 5) is 10.9. The summed E-state index contributed by atoms with van der Waals surface area (Å²) in [6.45, 7) is 0.172. The van der Waals surface area contributed by atoms with Gasteiger partial charge in [0.2, 0.25) is 6.04 Å². The topological polar surface area (TPSA) is 74.0 Å². The van der Waals surface area contributed by atoms with Crippen LogP contribution in [0.4, 0.5) is 0 Å². The Balaban J connectivity index is 2.30. The van der Waals surface area contributed by atoms with Gasteiger partial charge in [-0.3, -0.25) is 4.79 Å². The number of hydrogen-bond donors (Lipinski definition) is 2. The number of carbonyl (C=O) groups excluding carboxylic acids is 1. The molecule has 1 aliphatic rings. The molecule has 1 heterocycles. The molecule has 0 saturated heterocycles. The fraction of sp³-hybridized carbons (Fsp3) is 0.333. The maximum Gasteiger partial charge on any atom is 0.257 e. The number of hydrogen-bond acceptors (Lipinski definition) is 4. The van der Waals surface area contributed by atoms with E-state index in [1.54, 1.807) is 0 Å². The minimum atomic E-state index is -0.309. The Morgan fingerprint density at radius 2 is 2.55 bits per heavy atom. The summed E-state index contributed by atoms with van der Waals surface area (Å²) in [6.07, 6.45) is 2.95. The highest BCUT2D eigenvalue weighted by Gasteiger charge is 2.17. The van der Waals surface area contributed by atoms with Gasteiger partial charge in [0.05, 0.1) is 6.61 Å². The van der Waals surface area contributed by atoms with Gasteiger partial charge in [0.25, 0.3) is 5.91 Å². The molecule has 0 bridgehead atoms. The van der Waals surface area contributed by atoms with Crippen molar-refractivity contribution in [3.8, 4) is 0 Å². The van der Waals surface area contributed by atoms with Crippen LogP contribution in [0.15, 0.2) is 22.5 Å². The van der Waals surface area contributed by atoms with Crippen LogP contribution in [0.1, 0.15) is 0 Å². The number of nitrogens with zero attached hydrogens (tertiary/aromatic N) is 2. The third kappa shape index (κ3) is 2.12. The lowest BCUT2D eigenvalue weighted by Gasteiger charge is -2.01. The van der Waals surface area contributed by atoms with Gasteiger partial charge in [-0.25, -0.2) is 0 Å². The van der Waals surface area contributed by atoms with Gasteiger partial charge in [-0.15, -0.1) is 0 Å². The van der Waals surface area contributed by atoms with Crippen molar-refractivity contribution in [2.24, 2.45) is 10.2 Å². The van der Waals surface area contributed by atoms with Gasteiger partial charge in [0, 0.05) is 12.7 Å². The lowest BCUT2D eigenvalue weighted by Crippen LogP contribution is -2.29. The zero-order valence-electron chi connectivity index (χ0n) is 5.82. The number of nitrogens with one attached hydrogen (secondary N) is 1. The first-order valence-corrected chi connectivity index (χ1v) is 3.18. The summed E-state index contributed by atoms with van der Waals surface area (Å²) in [5.74, 6) is -0.309. The molecule has 5 nitrogen and oxygen atoms in total. The Morgan fingerprint density at radius 1 is 1.73 bits per heavy atom. The molecular formula is C6H8N3O2. The van der Waals surface area contributed by atoms with Crippen molar-refractivity contribution in [3.05, 3.63) is 18.3 Å². The van der Waals surface area contributed by atoms with E-state index in [1.165, 1.54) is 12.3 Å². The number of azo groups is 1. The molecule has 1 rings (SSSR count). The van der Waals surface area contributed by atoms with Crippen LogP contribution in [0.3, 0.4) is 0 Å². The Morgan fingerprint density at radius 3 is 3.09 bits per heavy atom. The minimum Gasteiger partial charge on any atom is -0.395 e. The van der Waals surface area contributed by atoms with E-state index < -0.39 is 0 Å². The highest BCUT2D eigenvalue weighted by molar-refractivity contribution is 5.92. The van der Waals surface area contributed by atoms with E-state index in [0.29, 0.717) is 0 Å². The van der Waals surface area contributed by atoms with Crippen molar-refractivity contribution in [2.75, 3.05) is 13.2 Å². The molecule has 0 unspecified atom stereocenters. The molecule has 5 heteroatoms. The van der Waals surface area contributed by atoms with Gasteiger partial charge in [-0.1, -0.05) is 0 Å². The van der Waals surface area contributed by atoms with Crippen LogP contribution in [-0.2, 0) is 4.79 Å².